The molecule has 0 aliphatic carbocycles. The van der Waals surface area contributed by atoms with Gasteiger partial charge in [0.05, 0.1) is 10.3 Å². The Hall–Kier alpha value is -3.09. The van der Waals surface area contributed by atoms with Crippen LogP contribution in [-0.4, -0.2) is 9.91 Å². The van der Waals surface area contributed by atoms with Crippen LogP contribution in [0, 0.1) is 10.1 Å². The summed E-state index contributed by atoms with van der Waals surface area (Å²) in [5.74, 6) is 0. The fraction of sp³-hybridized carbons (Fsp3) is 0.118. The lowest BCUT2D eigenvalue weighted by Gasteiger charge is -2.10. The third kappa shape index (κ3) is 3.15. The maximum atomic E-state index is 12.6. The van der Waals surface area contributed by atoms with E-state index in [0.29, 0.717) is 17.3 Å². The number of nitro groups is 1. The molecule has 0 aliphatic heterocycles. The normalized spacial score (nSPS) is 11.0. The van der Waals surface area contributed by atoms with E-state index in [-0.39, 0.29) is 11.3 Å². The number of nitrogens with zero attached hydrogens (tertiary/aromatic N) is 2. The quantitative estimate of drug-likeness (QED) is 0.544. The number of hydrogen-bond acceptors (Lipinski definition) is 4. The smallest absolute Gasteiger partial charge is 0.278 e. The Balaban J connectivity index is 1.85. The SMILES string of the molecule is O=[N+]([O-])c1ccc(NCc2ccc(C(F)F)cc2)c2ccncc12. The zero-order chi connectivity index (χ0) is 17.1. The zero-order valence-electron chi connectivity index (χ0n) is 12.4. The molecule has 0 fully saturated rings. The first-order valence-electron chi connectivity index (χ1n) is 7.18. The van der Waals surface area contributed by atoms with Crippen molar-refractivity contribution in [1.29, 1.82) is 0 Å². The zero-order valence-corrected chi connectivity index (χ0v) is 12.4. The number of anilines is 1. The highest BCUT2D eigenvalue weighted by Crippen LogP contribution is 2.31. The first kappa shape index (κ1) is 15.8. The largest absolute Gasteiger partial charge is 0.380 e. The van der Waals surface area contributed by atoms with E-state index in [1.54, 1.807) is 30.5 Å². The molecule has 1 aromatic heterocycles. The summed E-state index contributed by atoms with van der Waals surface area (Å²) in [7, 11) is 0. The summed E-state index contributed by atoms with van der Waals surface area (Å²) in [4.78, 5) is 14.6. The predicted octanol–water partition coefficient (Wildman–Crippen LogP) is 4.69. The van der Waals surface area contributed by atoms with Gasteiger partial charge in [-0.05, 0) is 17.7 Å². The first-order chi connectivity index (χ1) is 11.6. The topological polar surface area (TPSA) is 68.1 Å². The van der Waals surface area contributed by atoms with Gasteiger partial charge < -0.3 is 5.32 Å². The number of hydrogen-bond donors (Lipinski definition) is 1. The number of rotatable bonds is 5. The third-order valence-corrected chi connectivity index (χ3v) is 3.71. The van der Waals surface area contributed by atoms with Gasteiger partial charge >= 0.3 is 0 Å². The van der Waals surface area contributed by atoms with Crippen LogP contribution in [0.2, 0.25) is 0 Å². The average Bonchev–Trinajstić information content (AvgIpc) is 2.59. The molecule has 1 heterocycles. The first-order valence-corrected chi connectivity index (χ1v) is 7.18. The third-order valence-electron chi connectivity index (χ3n) is 3.71. The van der Waals surface area contributed by atoms with E-state index in [0.717, 1.165) is 11.3 Å². The van der Waals surface area contributed by atoms with Gasteiger partial charge in [0.25, 0.3) is 12.1 Å². The molecule has 0 unspecified atom stereocenters. The average molecular weight is 329 g/mol. The molecule has 2 aromatic carbocycles. The number of benzene rings is 2. The summed E-state index contributed by atoms with van der Waals surface area (Å²) in [5, 5.41) is 15.4. The maximum absolute atomic E-state index is 12.6. The molecule has 7 heteroatoms. The minimum absolute atomic E-state index is 0.00932. The van der Waals surface area contributed by atoms with Crippen molar-refractivity contribution >= 4 is 22.1 Å². The summed E-state index contributed by atoms with van der Waals surface area (Å²) in [6.07, 6.45) is 0.531. The molecule has 0 saturated carbocycles. The van der Waals surface area contributed by atoms with Crippen LogP contribution in [-0.2, 0) is 6.54 Å². The van der Waals surface area contributed by atoms with Crippen molar-refractivity contribution in [2.45, 2.75) is 13.0 Å². The Morgan fingerprint density at radius 1 is 1.08 bits per heavy atom. The molecule has 3 aromatic rings. The number of halogens is 2. The molecule has 122 valence electrons. The Labute approximate surface area is 136 Å². The highest BCUT2D eigenvalue weighted by atomic mass is 19.3. The molecular formula is C17H13F2N3O2. The van der Waals surface area contributed by atoms with Crippen molar-refractivity contribution in [2.24, 2.45) is 0 Å². The number of alkyl halides is 2. The molecule has 0 aliphatic rings. The molecule has 24 heavy (non-hydrogen) atoms. The number of aromatic nitrogens is 1. The van der Waals surface area contributed by atoms with E-state index in [2.05, 4.69) is 10.3 Å². The second-order valence-electron chi connectivity index (χ2n) is 5.21. The Morgan fingerprint density at radius 3 is 2.50 bits per heavy atom. The van der Waals surface area contributed by atoms with Gasteiger partial charge in [0, 0.05) is 41.6 Å². The highest BCUT2D eigenvalue weighted by molar-refractivity contribution is 5.99. The van der Waals surface area contributed by atoms with Crippen LogP contribution >= 0.6 is 0 Å². The summed E-state index contributed by atoms with van der Waals surface area (Å²) in [6.45, 7) is 0.415. The number of fused-ring (bicyclic) bond motifs is 1. The van der Waals surface area contributed by atoms with Gasteiger partial charge in [-0.2, -0.15) is 0 Å². The molecule has 0 spiro atoms. The van der Waals surface area contributed by atoms with E-state index < -0.39 is 11.3 Å². The van der Waals surface area contributed by atoms with E-state index in [1.165, 1.54) is 24.4 Å². The van der Waals surface area contributed by atoms with Gasteiger partial charge in [0.15, 0.2) is 0 Å². The van der Waals surface area contributed by atoms with Gasteiger partial charge in [0.2, 0.25) is 0 Å². The summed E-state index contributed by atoms with van der Waals surface area (Å²) >= 11 is 0. The second-order valence-corrected chi connectivity index (χ2v) is 5.21. The fourth-order valence-electron chi connectivity index (χ4n) is 2.47. The molecular weight excluding hydrogens is 316 g/mol. The Bertz CT molecular complexity index is 883. The predicted molar refractivity (Wildman–Crippen MR) is 87.1 cm³/mol. The van der Waals surface area contributed by atoms with Crippen LogP contribution < -0.4 is 5.32 Å². The highest BCUT2D eigenvalue weighted by Gasteiger charge is 2.14. The van der Waals surface area contributed by atoms with Crippen molar-refractivity contribution in [1.82, 2.24) is 4.98 Å². The van der Waals surface area contributed by atoms with Gasteiger partial charge in [0.1, 0.15) is 0 Å². The van der Waals surface area contributed by atoms with Crippen molar-refractivity contribution in [3.8, 4) is 0 Å². The van der Waals surface area contributed by atoms with Gasteiger partial charge in [-0.1, -0.05) is 24.3 Å². The van der Waals surface area contributed by atoms with Crippen LogP contribution in [0.5, 0.6) is 0 Å². The molecule has 0 atom stereocenters. The van der Waals surface area contributed by atoms with Gasteiger partial charge in [-0.3, -0.25) is 15.1 Å². The Kier molecular flexibility index (Phi) is 4.33. The minimum Gasteiger partial charge on any atom is -0.380 e. The summed E-state index contributed by atoms with van der Waals surface area (Å²) in [5.41, 5.74) is 1.52. The number of nitrogens with one attached hydrogen (secondary N) is 1. The Morgan fingerprint density at radius 2 is 1.83 bits per heavy atom. The van der Waals surface area contributed by atoms with E-state index in [4.69, 9.17) is 0 Å². The fourth-order valence-corrected chi connectivity index (χ4v) is 2.47. The van der Waals surface area contributed by atoms with Crippen molar-refractivity contribution in [2.75, 3.05) is 5.32 Å². The van der Waals surface area contributed by atoms with Gasteiger partial charge in [-0.25, -0.2) is 8.78 Å². The molecule has 0 radical (unpaired) electrons. The summed E-state index contributed by atoms with van der Waals surface area (Å²) < 4.78 is 25.1. The van der Waals surface area contributed by atoms with E-state index in [1.807, 2.05) is 0 Å². The number of non-ortho nitro benzene ring substituents is 1. The molecule has 3 rings (SSSR count). The molecule has 5 nitrogen and oxygen atoms in total. The van der Waals surface area contributed by atoms with E-state index in [9.17, 15) is 18.9 Å². The lowest BCUT2D eigenvalue weighted by molar-refractivity contribution is -0.383. The minimum atomic E-state index is -2.49. The van der Waals surface area contributed by atoms with Gasteiger partial charge in [-0.15, -0.1) is 0 Å². The molecule has 0 amide bonds. The van der Waals surface area contributed by atoms with Crippen LogP contribution in [0.3, 0.4) is 0 Å². The van der Waals surface area contributed by atoms with Crippen LogP contribution in [0.25, 0.3) is 10.8 Å². The monoisotopic (exact) mass is 329 g/mol. The van der Waals surface area contributed by atoms with Crippen LogP contribution in [0.15, 0.2) is 54.9 Å². The van der Waals surface area contributed by atoms with Crippen LogP contribution in [0.1, 0.15) is 17.6 Å². The number of pyridine rings is 1. The molecule has 0 bridgehead atoms. The van der Waals surface area contributed by atoms with Crippen LogP contribution in [0.4, 0.5) is 20.2 Å². The standard InChI is InChI=1S/C17H13F2N3O2/c18-17(19)12-3-1-11(2-4-12)9-21-15-5-6-16(22(23)24)14-10-20-8-7-13(14)15/h1-8,10,17,21H,9H2. The summed E-state index contributed by atoms with van der Waals surface area (Å²) in [6, 6.07) is 10.8. The van der Waals surface area contributed by atoms with Crippen molar-refractivity contribution in [3.05, 3.63) is 76.1 Å². The maximum Gasteiger partial charge on any atom is 0.278 e. The van der Waals surface area contributed by atoms with Crippen molar-refractivity contribution < 1.29 is 13.7 Å². The molecule has 1 N–H and O–H groups in total. The lowest BCUT2D eigenvalue weighted by atomic mass is 10.1. The lowest BCUT2D eigenvalue weighted by Crippen LogP contribution is -2.01. The van der Waals surface area contributed by atoms with E-state index >= 15 is 0 Å². The number of nitro benzene ring substituents is 1. The van der Waals surface area contributed by atoms with Crippen molar-refractivity contribution in [3.63, 3.8) is 0 Å². The second kappa shape index (κ2) is 6.57. The molecule has 0 saturated heterocycles.